The lowest BCUT2D eigenvalue weighted by atomic mass is 10.2. The maximum Gasteiger partial charge on any atom is 0.225 e. The molecule has 2 heterocycles. The van der Waals surface area contributed by atoms with E-state index in [1.54, 1.807) is 20.4 Å². The van der Waals surface area contributed by atoms with Crippen LogP contribution in [-0.4, -0.2) is 68.8 Å². The van der Waals surface area contributed by atoms with Gasteiger partial charge in [-0.15, -0.1) is 24.8 Å². The highest BCUT2D eigenvalue weighted by Crippen LogP contribution is 2.19. The fourth-order valence-electron chi connectivity index (χ4n) is 2.47. The number of pyridine rings is 1. The van der Waals surface area contributed by atoms with Crippen LogP contribution in [0.4, 0.5) is 5.82 Å². The Kier molecular flexibility index (Phi) is 10.7. The van der Waals surface area contributed by atoms with Gasteiger partial charge in [-0.05, 0) is 6.07 Å². The molecular formula is C15H26Cl2N4O3. The lowest BCUT2D eigenvalue weighted by molar-refractivity contribution is -0.133. The summed E-state index contributed by atoms with van der Waals surface area (Å²) in [6, 6.07) is 3.73. The molecule has 0 aliphatic carbocycles. The highest BCUT2D eigenvalue weighted by atomic mass is 35.5. The maximum absolute atomic E-state index is 12.2. The summed E-state index contributed by atoms with van der Waals surface area (Å²) in [5.41, 5.74) is 5.56. The Balaban J connectivity index is 0.00000264. The number of hydrogen-bond donors (Lipinski definition) is 1. The first-order valence-corrected chi connectivity index (χ1v) is 7.43. The third-order valence-electron chi connectivity index (χ3n) is 3.91. The van der Waals surface area contributed by atoms with Gasteiger partial charge in [0.2, 0.25) is 5.91 Å². The average molecular weight is 381 g/mol. The van der Waals surface area contributed by atoms with Gasteiger partial charge in [0.1, 0.15) is 11.6 Å². The summed E-state index contributed by atoms with van der Waals surface area (Å²) in [5, 5.41) is 0. The van der Waals surface area contributed by atoms with Crippen LogP contribution in [0.15, 0.2) is 18.3 Å². The number of nitrogens with two attached hydrogens (primary N) is 1. The van der Waals surface area contributed by atoms with Crippen LogP contribution in [0, 0.1) is 0 Å². The highest BCUT2D eigenvalue weighted by molar-refractivity contribution is 5.85. The molecule has 1 amide bonds. The number of amides is 1. The molecule has 1 aliphatic heterocycles. The van der Waals surface area contributed by atoms with Crippen molar-refractivity contribution in [2.24, 2.45) is 5.73 Å². The van der Waals surface area contributed by atoms with Gasteiger partial charge in [0.05, 0.1) is 19.6 Å². The first-order chi connectivity index (χ1) is 10.7. The van der Waals surface area contributed by atoms with Crippen LogP contribution in [0.5, 0.6) is 5.75 Å². The number of ether oxygens (including phenoxy) is 2. The van der Waals surface area contributed by atoms with E-state index in [2.05, 4.69) is 9.88 Å². The van der Waals surface area contributed by atoms with Gasteiger partial charge in [-0.2, -0.15) is 0 Å². The van der Waals surface area contributed by atoms with Gasteiger partial charge in [0, 0.05) is 52.1 Å². The number of aromatic nitrogens is 1. The molecule has 2 rings (SSSR count). The van der Waals surface area contributed by atoms with Crippen molar-refractivity contribution in [3.05, 3.63) is 18.3 Å². The molecule has 9 heteroatoms. The van der Waals surface area contributed by atoms with Gasteiger partial charge in [0.15, 0.2) is 0 Å². The second-order valence-electron chi connectivity index (χ2n) is 5.22. The summed E-state index contributed by atoms with van der Waals surface area (Å²) in [7, 11) is 3.22. The van der Waals surface area contributed by atoms with Crippen LogP contribution in [0.2, 0.25) is 0 Å². The predicted molar refractivity (Wildman–Crippen MR) is 98.5 cm³/mol. The summed E-state index contributed by atoms with van der Waals surface area (Å²) in [6.07, 6.45) is 1.87. The van der Waals surface area contributed by atoms with Crippen LogP contribution < -0.4 is 15.4 Å². The molecule has 0 bridgehead atoms. The molecule has 24 heavy (non-hydrogen) atoms. The summed E-state index contributed by atoms with van der Waals surface area (Å²) in [4.78, 5) is 20.6. The Morgan fingerprint density at radius 1 is 1.29 bits per heavy atom. The zero-order valence-electron chi connectivity index (χ0n) is 14.0. The number of methoxy groups -OCH3 is 2. The molecule has 7 nitrogen and oxygen atoms in total. The number of halogens is 2. The summed E-state index contributed by atoms with van der Waals surface area (Å²) >= 11 is 0. The Hall–Kier alpha value is -1.28. The van der Waals surface area contributed by atoms with Gasteiger partial charge in [-0.3, -0.25) is 4.79 Å². The second kappa shape index (κ2) is 11.3. The molecule has 0 saturated carbocycles. The van der Waals surface area contributed by atoms with E-state index in [1.807, 2.05) is 17.0 Å². The van der Waals surface area contributed by atoms with E-state index in [0.29, 0.717) is 26.1 Å². The minimum atomic E-state index is -0.203. The standard InChI is InChI=1S/C15H24N4O3.2ClH/c1-21-12-3-4-17-14(9-12)18-5-7-19(8-6-18)15(20)10-13(11-16)22-2;;/h3-4,9,13H,5-8,10-11,16H2,1-2H3;2*1H. The minimum absolute atomic E-state index is 0. The van der Waals surface area contributed by atoms with Gasteiger partial charge >= 0.3 is 0 Å². The predicted octanol–water partition coefficient (Wildman–Crippen LogP) is 0.946. The van der Waals surface area contributed by atoms with Crippen molar-refractivity contribution in [3.8, 4) is 5.75 Å². The number of hydrogen-bond acceptors (Lipinski definition) is 6. The SMILES string of the molecule is COc1ccnc(N2CCN(C(=O)CC(CN)OC)CC2)c1.Cl.Cl. The van der Waals surface area contributed by atoms with Crippen LogP contribution in [0.25, 0.3) is 0 Å². The normalized spacial score (nSPS) is 15.1. The van der Waals surface area contributed by atoms with Crippen molar-refractivity contribution in [1.82, 2.24) is 9.88 Å². The third kappa shape index (κ3) is 5.98. The average Bonchev–Trinajstić information content (AvgIpc) is 2.59. The van der Waals surface area contributed by atoms with Gasteiger partial charge < -0.3 is 25.0 Å². The Morgan fingerprint density at radius 3 is 2.50 bits per heavy atom. The first kappa shape index (κ1) is 22.7. The molecule has 1 saturated heterocycles. The number of nitrogens with zero attached hydrogens (tertiary/aromatic N) is 3. The molecule has 1 aliphatic rings. The molecule has 1 unspecified atom stereocenters. The maximum atomic E-state index is 12.2. The molecule has 1 atom stereocenters. The molecule has 0 radical (unpaired) electrons. The van der Waals surface area contributed by atoms with Gasteiger partial charge in [-0.1, -0.05) is 0 Å². The van der Waals surface area contributed by atoms with Gasteiger partial charge in [-0.25, -0.2) is 4.98 Å². The fraction of sp³-hybridized carbons (Fsp3) is 0.600. The van der Waals surface area contributed by atoms with Crippen molar-refractivity contribution in [2.75, 3.05) is 51.8 Å². The fourth-order valence-corrected chi connectivity index (χ4v) is 2.47. The molecule has 1 fully saturated rings. The van der Waals surface area contributed by atoms with Crippen LogP contribution in [0.1, 0.15) is 6.42 Å². The van der Waals surface area contributed by atoms with E-state index in [0.717, 1.165) is 24.7 Å². The van der Waals surface area contributed by atoms with Crippen molar-refractivity contribution < 1.29 is 14.3 Å². The zero-order chi connectivity index (χ0) is 15.9. The molecule has 0 aromatic carbocycles. The molecular weight excluding hydrogens is 355 g/mol. The summed E-state index contributed by atoms with van der Waals surface area (Å²) in [5.74, 6) is 1.76. The van der Waals surface area contributed by atoms with Crippen molar-refractivity contribution >= 4 is 36.5 Å². The van der Waals surface area contributed by atoms with Crippen LogP contribution in [-0.2, 0) is 9.53 Å². The third-order valence-corrected chi connectivity index (χ3v) is 3.91. The largest absolute Gasteiger partial charge is 0.497 e. The van der Waals surface area contributed by atoms with Crippen LogP contribution >= 0.6 is 24.8 Å². The number of anilines is 1. The molecule has 1 aromatic rings. The number of carbonyl (C=O) groups excluding carboxylic acids is 1. The Morgan fingerprint density at radius 2 is 1.96 bits per heavy atom. The Labute approximate surface area is 155 Å². The Bertz CT molecular complexity index is 495. The lowest BCUT2D eigenvalue weighted by Gasteiger charge is -2.36. The second-order valence-corrected chi connectivity index (χ2v) is 5.22. The van der Waals surface area contributed by atoms with E-state index >= 15 is 0 Å². The molecule has 0 spiro atoms. The quantitative estimate of drug-likeness (QED) is 0.790. The van der Waals surface area contributed by atoms with E-state index < -0.39 is 0 Å². The van der Waals surface area contributed by atoms with Crippen molar-refractivity contribution in [3.63, 3.8) is 0 Å². The van der Waals surface area contributed by atoms with Gasteiger partial charge in [0.25, 0.3) is 0 Å². The van der Waals surface area contributed by atoms with E-state index in [9.17, 15) is 4.79 Å². The highest BCUT2D eigenvalue weighted by Gasteiger charge is 2.23. The first-order valence-electron chi connectivity index (χ1n) is 7.43. The van der Waals surface area contributed by atoms with Crippen molar-refractivity contribution in [1.29, 1.82) is 0 Å². The van der Waals surface area contributed by atoms with E-state index in [1.165, 1.54) is 0 Å². The summed E-state index contributed by atoms with van der Waals surface area (Å²) < 4.78 is 10.4. The van der Waals surface area contributed by atoms with Crippen molar-refractivity contribution in [2.45, 2.75) is 12.5 Å². The number of carbonyl (C=O) groups is 1. The van der Waals surface area contributed by atoms with Crippen LogP contribution in [0.3, 0.4) is 0 Å². The zero-order valence-corrected chi connectivity index (χ0v) is 15.6. The summed E-state index contributed by atoms with van der Waals surface area (Å²) in [6.45, 7) is 3.23. The van der Waals surface area contributed by atoms with E-state index in [4.69, 9.17) is 15.2 Å². The minimum Gasteiger partial charge on any atom is -0.497 e. The molecule has 138 valence electrons. The number of piperazine rings is 1. The monoisotopic (exact) mass is 380 g/mol. The van der Waals surface area contributed by atoms with E-state index in [-0.39, 0.29) is 36.8 Å². The topological polar surface area (TPSA) is 80.9 Å². The lowest BCUT2D eigenvalue weighted by Crippen LogP contribution is -2.50. The molecule has 1 aromatic heterocycles. The smallest absolute Gasteiger partial charge is 0.225 e. The molecule has 2 N–H and O–H groups in total. The number of rotatable bonds is 6.